The summed E-state index contributed by atoms with van der Waals surface area (Å²) in [5.74, 6) is -1.50. The van der Waals surface area contributed by atoms with Gasteiger partial charge in [-0.15, -0.1) is 0 Å². The van der Waals surface area contributed by atoms with E-state index in [1.165, 1.54) is 44.4 Å². The monoisotopic (exact) mass is 433 g/mol. The molecule has 0 spiro atoms. The molecule has 7 nitrogen and oxygen atoms in total. The van der Waals surface area contributed by atoms with Gasteiger partial charge in [0.2, 0.25) is 15.9 Å². The van der Waals surface area contributed by atoms with Crippen LogP contribution in [0.15, 0.2) is 53.4 Å². The van der Waals surface area contributed by atoms with Crippen LogP contribution in [0.4, 0.5) is 10.1 Å². The molecule has 1 heterocycles. The van der Waals surface area contributed by atoms with Crippen LogP contribution in [0.25, 0.3) is 0 Å². The second kappa shape index (κ2) is 8.93. The number of sulfonamides is 1. The van der Waals surface area contributed by atoms with Crippen molar-refractivity contribution in [3.8, 4) is 0 Å². The maximum absolute atomic E-state index is 13.1. The zero-order valence-corrected chi connectivity index (χ0v) is 17.7. The molecule has 1 unspecified atom stereocenters. The Kier molecular flexibility index (Phi) is 6.52. The van der Waals surface area contributed by atoms with Gasteiger partial charge in [-0.1, -0.05) is 12.1 Å². The predicted molar refractivity (Wildman–Crippen MR) is 111 cm³/mol. The lowest BCUT2D eigenvalue weighted by molar-refractivity contribution is -0.121. The lowest BCUT2D eigenvalue weighted by atomic mass is 9.96. The summed E-state index contributed by atoms with van der Waals surface area (Å²) in [5.41, 5.74) is 0.568. The number of hydrogen-bond donors (Lipinski definition) is 1. The molecule has 0 aliphatic carbocycles. The number of carbonyl (C=O) groups excluding carboxylic acids is 2. The van der Waals surface area contributed by atoms with Crippen molar-refractivity contribution in [3.63, 3.8) is 0 Å². The van der Waals surface area contributed by atoms with Crippen LogP contribution in [0.3, 0.4) is 0 Å². The normalized spacial score (nSPS) is 17.1. The summed E-state index contributed by atoms with van der Waals surface area (Å²) in [6.45, 7) is 0.718. The van der Waals surface area contributed by atoms with E-state index in [0.717, 1.165) is 4.31 Å². The number of rotatable bonds is 5. The van der Waals surface area contributed by atoms with E-state index in [-0.39, 0.29) is 28.9 Å². The minimum atomic E-state index is -3.72. The highest BCUT2D eigenvalue weighted by atomic mass is 32.2. The van der Waals surface area contributed by atoms with Crippen molar-refractivity contribution < 1.29 is 22.4 Å². The molecule has 160 valence electrons. The summed E-state index contributed by atoms with van der Waals surface area (Å²) in [4.78, 5) is 27.1. The Labute approximate surface area is 175 Å². The Morgan fingerprint density at radius 2 is 1.77 bits per heavy atom. The minimum absolute atomic E-state index is 0.0124. The summed E-state index contributed by atoms with van der Waals surface area (Å²) < 4.78 is 39.3. The van der Waals surface area contributed by atoms with Gasteiger partial charge < -0.3 is 10.2 Å². The molecule has 0 bridgehead atoms. The number of para-hydroxylation sites is 1. The van der Waals surface area contributed by atoms with Gasteiger partial charge in [-0.2, -0.15) is 0 Å². The molecular weight excluding hydrogens is 409 g/mol. The van der Waals surface area contributed by atoms with E-state index in [2.05, 4.69) is 5.32 Å². The Balaban J connectivity index is 1.74. The molecule has 2 aromatic rings. The molecule has 1 atom stereocenters. The fourth-order valence-electron chi connectivity index (χ4n) is 3.38. The van der Waals surface area contributed by atoms with Crippen molar-refractivity contribution in [1.82, 2.24) is 9.21 Å². The average molecular weight is 434 g/mol. The molecule has 30 heavy (non-hydrogen) atoms. The molecule has 1 N–H and O–H groups in total. The van der Waals surface area contributed by atoms with Crippen LogP contribution in [-0.4, -0.2) is 56.6 Å². The number of nitrogens with one attached hydrogen (secondary N) is 1. The third kappa shape index (κ3) is 4.68. The van der Waals surface area contributed by atoms with Gasteiger partial charge in [0, 0.05) is 32.7 Å². The van der Waals surface area contributed by atoms with Gasteiger partial charge in [0.05, 0.1) is 11.6 Å². The number of hydrogen-bond acceptors (Lipinski definition) is 4. The Morgan fingerprint density at radius 3 is 2.43 bits per heavy atom. The molecule has 9 heteroatoms. The van der Waals surface area contributed by atoms with E-state index in [1.54, 1.807) is 23.1 Å². The smallest absolute Gasteiger partial charge is 0.253 e. The number of amides is 2. The Bertz CT molecular complexity index is 1040. The maximum atomic E-state index is 13.1. The standard InChI is InChI=1S/C21H24FN3O4S/c1-24(2)30(28,29)19-8-4-3-7-18(19)23-20(26)16-6-5-13-25(14-16)21(27)15-9-11-17(22)12-10-15/h3-4,7-12,16H,5-6,13-14H2,1-2H3,(H,23,26). The Hall–Kier alpha value is -2.78. The van der Waals surface area contributed by atoms with Crippen LogP contribution in [0.2, 0.25) is 0 Å². The predicted octanol–water partition coefficient (Wildman–Crippen LogP) is 2.57. The van der Waals surface area contributed by atoms with E-state index < -0.39 is 21.8 Å². The highest BCUT2D eigenvalue weighted by molar-refractivity contribution is 7.89. The fourth-order valence-corrected chi connectivity index (χ4v) is 4.42. The second-order valence-corrected chi connectivity index (χ2v) is 9.49. The van der Waals surface area contributed by atoms with Gasteiger partial charge in [-0.3, -0.25) is 9.59 Å². The SMILES string of the molecule is CN(C)S(=O)(=O)c1ccccc1NC(=O)C1CCCN(C(=O)c2ccc(F)cc2)C1. The molecule has 3 rings (SSSR count). The summed E-state index contributed by atoms with van der Waals surface area (Å²) in [6, 6.07) is 11.5. The summed E-state index contributed by atoms with van der Waals surface area (Å²) in [6.07, 6.45) is 1.23. The van der Waals surface area contributed by atoms with Crippen LogP contribution in [0, 0.1) is 11.7 Å². The quantitative estimate of drug-likeness (QED) is 0.785. The van der Waals surface area contributed by atoms with E-state index in [0.29, 0.717) is 24.9 Å². The van der Waals surface area contributed by atoms with Crippen molar-refractivity contribution in [2.75, 3.05) is 32.5 Å². The molecule has 0 radical (unpaired) electrons. The van der Waals surface area contributed by atoms with Gasteiger partial charge >= 0.3 is 0 Å². The van der Waals surface area contributed by atoms with E-state index in [4.69, 9.17) is 0 Å². The lowest BCUT2D eigenvalue weighted by Gasteiger charge is -2.32. The fraction of sp³-hybridized carbons (Fsp3) is 0.333. The van der Waals surface area contributed by atoms with E-state index >= 15 is 0 Å². The first-order valence-electron chi connectivity index (χ1n) is 9.57. The van der Waals surface area contributed by atoms with Crippen molar-refractivity contribution >= 4 is 27.5 Å². The van der Waals surface area contributed by atoms with Crippen LogP contribution < -0.4 is 5.32 Å². The van der Waals surface area contributed by atoms with Gasteiger partial charge in [-0.25, -0.2) is 17.1 Å². The molecule has 1 aliphatic heterocycles. The summed E-state index contributed by atoms with van der Waals surface area (Å²) in [5, 5.41) is 2.72. The molecular formula is C21H24FN3O4S. The lowest BCUT2D eigenvalue weighted by Crippen LogP contribution is -2.43. The van der Waals surface area contributed by atoms with Gasteiger partial charge in [0.25, 0.3) is 5.91 Å². The zero-order chi connectivity index (χ0) is 21.9. The van der Waals surface area contributed by atoms with Crippen molar-refractivity contribution in [1.29, 1.82) is 0 Å². The molecule has 1 fully saturated rings. The van der Waals surface area contributed by atoms with Gasteiger partial charge in [-0.05, 0) is 49.2 Å². The first-order chi connectivity index (χ1) is 14.2. The number of benzene rings is 2. The largest absolute Gasteiger partial charge is 0.338 e. The maximum Gasteiger partial charge on any atom is 0.253 e. The summed E-state index contributed by atoms with van der Waals surface area (Å²) >= 11 is 0. The van der Waals surface area contributed by atoms with E-state index in [1.807, 2.05) is 0 Å². The average Bonchev–Trinajstić information content (AvgIpc) is 2.74. The van der Waals surface area contributed by atoms with Crippen LogP contribution >= 0.6 is 0 Å². The minimum Gasteiger partial charge on any atom is -0.338 e. The first kappa shape index (κ1) is 21.9. The van der Waals surface area contributed by atoms with Crippen molar-refractivity contribution in [2.45, 2.75) is 17.7 Å². The third-order valence-corrected chi connectivity index (χ3v) is 6.95. The van der Waals surface area contributed by atoms with E-state index in [9.17, 15) is 22.4 Å². The molecule has 0 saturated carbocycles. The second-order valence-electron chi connectivity index (χ2n) is 7.37. The number of piperidine rings is 1. The topological polar surface area (TPSA) is 86.8 Å². The molecule has 2 aromatic carbocycles. The molecule has 1 aliphatic rings. The van der Waals surface area contributed by atoms with Crippen LogP contribution in [0.5, 0.6) is 0 Å². The highest BCUT2D eigenvalue weighted by Crippen LogP contribution is 2.26. The number of anilines is 1. The van der Waals surface area contributed by atoms with Crippen molar-refractivity contribution in [2.24, 2.45) is 5.92 Å². The first-order valence-corrected chi connectivity index (χ1v) is 11.0. The van der Waals surface area contributed by atoms with Gasteiger partial charge in [0.1, 0.15) is 10.7 Å². The molecule has 1 saturated heterocycles. The number of likely N-dealkylation sites (tertiary alicyclic amines) is 1. The zero-order valence-electron chi connectivity index (χ0n) is 16.8. The third-order valence-electron chi connectivity index (χ3n) is 5.07. The number of carbonyl (C=O) groups is 2. The number of halogens is 1. The number of nitrogens with zero attached hydrogens (tertiary/aromatic N) is 2. The highest BCUT2D eigenvalue weighted by Gasteiger charge is 2.30. The summed E-state index contributed by atoms with van der Waals surface area (Å²) in [7, 11) is -0.875. The molecule has 2 amide bonds. The van der Waals surface area contributed by atoms with Gasteiger partial charge in [0.15, 0.2) is 0 Å². The van der Waals surface area contributed by atoms with Crippen LogP contribution in [0.1, 0.15) is 23.2 Å². The van der Waals surface area contributed by atoms with Crippen LogP contribution in [-0.2, 0) is 14.8 Å². The van der Waals surface area contributed by atoms with Crippen molar-refractivity contribution in [3.05, 3.63) is 59.9 Å². The Morgan fingerprint density at radius 1 is 1.10 bits per heavy atom. The molecule has 0 aromatic heterocycles.